The van der Waals surface area contributed by atoms with Gasteiger partial charge in [-0.2, -0.15) is 9.98 Å². The van der Waals surface area contributed by atoms with Crippen LogP contribution < -0.4 is 15.4 Å². The number of piperidine rings is 1. The van der Waals surface area contributed by atoms with Gasteiger partial charge in [-0.1, -0.05) is 13.0 Å². The molecule has 1 saturated heterocycles. The second kappa shape index (κ2) is 8.95. The number of aliphatic imine (C=N–C) groups is 1. The summed E-state index contributed by atoms with van der Waals surface area (Å²) in [7, 11) is 0. The molecule has 2 aliphatic rings. The lowest BCUT2D eigenvalue weighted by Crippen LogP contribution is -2.41. The molecule has 1 unspecified atom stereocenters. The van der Waals surface area contributed by atoms with Gasteiger partial charge < -0.3 is 15.4 Å². The van der Waals surface area contributed by atoms with Crippen molar-refractivity contribution in [3.05, 3.63) is 41.8 Å². The summed E-state index contributed by atoms with van der Waals surface area (Å²) >= 11 is 0. The zero-order valence-electron chi connectivity index (χ0n) is 17.6. The summed E-state index contributed by atoms with van der Waals surface area (Å²) in [5.41, 5.74) is 7.77. The van der Waals surface area contributed by atoms with Crippen molar-refractivity contribution in [2.45, 2.75) is 51.7 Å². The predicted molar refractivity (Wildman–Crippen MR) is 116 cm³/mol. The van der Waals surface area contributed by atoms with Crippen LogP contribution in [0.3, 0.4) is 0 Å². The van der Waals surface area contributed by atoms with Crippen molar-refractivity contribution in [2.24, 2.45) is 10.7 Å². The van der Waals surface area contributed by atoms with Crippen molar-refractivity contribution in [3.8, 4) is 5.88 Å². The molecule has 160 valence electrons. The Kier molecular flexibility index (Phi) is 6.13. The van der Waals surface area contributed by atoms with Crippen LogP contribution in [0.5, 0.6) is 5.88 Å². The van der Waals surface area contributed by atoms with E-state index in [1.165, 1.54) is 12.1 Å². The van der Waals surface area contributed by atoms with Gasteiger partial charge in [0.15, 0.2) is 0 Å². The van der Waals surface area contributed by atoms with Gasteiger partial charge in [0.25, 0.3) is 5.95 Å². The topological polar surface area (TPSA) is 79.9 Å². The number of nitrogens with two attached hydrogens (primary N) is 1. The van der Waals surface area contributed by atoms with Crippen molar-refractivity contribution in [2.75, 3.05) is 24.5 Å². The number of guanidine groups is 1. The maximum absolute atomic E-state index is 13.7. The summed E-state index contributed by atoms with van der Waals surface area (Å²) in [6.07, 6.45) is 4.22. The molecule has 2 aromatic rings. The third-order valence-electron chi connectivity index (χ3n) is 5.48. The average molecular weight is 413 g/mol. The van der Waals surface area contributed by atoms with Gasteiger partial charge in [0, 0.05) is 30.0 Å². The van der Waals surface area contributed by atoms with Crippen LogP contribution >= 0.6 is 0 Å². The molecule has 0 spiro atoms. The number of nitrogens with zero attached hydrogens (tertiary/aromatic N) is 5. The minimum atomic E-state index is -0.304. The Morgan fingerprint density at radius 3 is 2.87 bits per heavy atom. The summed E-state index contributed by atoms with van der Waals surface area (Å²) in [5, 5.41) is 0. The number of rotatable bonds is 6. The number of ether oxygens (including phenoxy) is 1. The number of hydrogen-bond acceptors (Lipinski definition) is 5. The van der Waals surface area contributed by atoms with Crippen LogP contribution in [-0.2, 0) is 0 Å². The summed E-state index contributed by atoms with van der Waals surface area (Å²) < 4.78 is 19.9. The minimum Gasteiger partial charge on any atom is -0.473 e. The molecule has 2 heterocycles. The van der Waals surface area contributed by atoms with E-state index in [4.69, 9.17) is 10.5 Å². The smallest absolute Gasteiger partial charge is 0.256 e. The standard InChI is InChI=1S/C22H29FN6O/c1-3-28-11-5-8-19(14-28)30-20-12-15(2)25-22(26-20)27-21(24)29(17-9-10-17)18-7-4-6-16(23)13-18/h4,6-7,12-13,17,19H,3,5,8-11,14H2,1-2H3,(H2,24,25,26,27). The fourth-order valence-electron chi connectivity index (χ4n) is 3.85. The second-order valence-electron chi connectivity index (χ2n) is 7.97. The van der Waals surface area contributed by atoms with Gasteiger partial charge in [-0.15, -0.1) is 0 Å². The molecule has 8 heteroatoms. The van der Waals surface area contributed by atoms with Crippen LogP contribution in [-0.4, -0.2) is 52.6 Å². The third-order valence-corrected chi connectivity index (χ3v) is 5.48. The first-order chi connectivity index (χ1) is 14.5. The number of halogens is 1. The second-order valence-corrected chi connectivity index (χ2v) is 7.97. The molecule has 1 aromatic heterocycles. The van der Waals surface area contributed by atoms with Crippen molar-refractivity contribution < 1.29 is 9.13 Å². The molecule has 1 aliphatic carbocycles. The van der Waals surface area contributed by atoms with Gasteiger partial charge in [-0.25, -0.2) is 9.37 Å². The highest BCUT2D eigenvalue weighted by molar-refractivity contribution is 5.97. The number of likely N-dealkylation sites (N-methyl/N-ethyl adjacent to an activating group) is 1. The van der Waals surface area contributed by atoms with Gasteiger partial charge in [-0.3, -0.25) is 4.90 Å². The Morgan fingerprint density at radius 1 is 1.30 bits per heavy atom. The molecular weight excluding hydrogens is 383 g/mol. The van der Waals surface area contributed by atoms with E-state index in [-0.39, 0.29) is 29.9 Å². The Labute approximate surface area is 176 Å². The van der Waals surface area contributed by atoms with E-state index >= 15 is 0 Å². The van der Waals surface area contributed by atoms with E-state index in [2.05, 4.69) is 26.8 Å². The molecule has 0 radical (unpaired) electrons. The highest BCUT2D eigenvalue weighted by atomic mass is 19.1. The quantitative estimate of drug-likeness (QED) is 0.579. The minimum absolute atomic E-state index is 0.109. The molecule has 1 aliphatic heterocycles. The number of hydrogen-bond donors (Lipinski definition) is 1. The summed E-state index contributed by atoms with van der Waals surface area (Å²) in [6, 6.07) is 8.43. The Hall–Kier alpha value is -2.74. The van der Waals surface area contributed by atoms with E-state index in [0.717, 1.165) is 51.0 Å². The lowest BCUT2D eigenvalue weighted by molar-refractivity contribution is 0.0882. The largest absolute Gasteiger partial charge is 0.473 e. The van der Waals surface area contributed by atoms with Gasteiger partial charge in [0.05, 0.1) is 0 Å². The van der Waals surface area contributed by atoms with E-state index in [9.17, 15) is 4.39 Å². The van der Waals surface area contributed by atoms with Gasteiger partial charge >= 0.3 is 0 Å². The number of benzene rings is 1. The molecule has 7 nitrogen and oxygen atoms in total. The Morgan fingerprint density at radius 2 is 2.13 bits per heavy atom. The first-order valence-corrected chi connectivity index (χ1v) is 10.7. The maximum atomic E-state index is 13.7. The fraction of sp³-hybridized carbons (Fsp3) is 0.500. The van der Waals surface area contributed by atoms with Crippen molar-refractivity contribution in [3.63, 3.8) is 0 Å². The first-order valence-electron chi connectivity index (χ1n) is 10.7. The molecular formula is C22H29FN6O. The van der Waals surface area contributed by atoms with Crippen LogP contribution in [0.25, 0.3) is 0 Å². The number of aryl methyl sites for hydroxylation is 1. The van der Waals surface area contributed by atoms with Crippen LogP contribution in [0.15, 0.2) is 35.3 Å². The molecule has 1 aromatic carbocycles. The van der Waals surface area contributed by atoms with E-state index in [1.54, 1.807) is 6.07 Å². The van der Waals surface area contributed by atoms with Crippen LogP contribution in [0, 0.1) is 12.7 Å². The Bertz CT molecular complexity index is 916. The van der Waals surface area contributed by atoms with Crippen molar-refractivity contribution in [1.29, 1.82) is 0 Å². The molecule has 1 saturated carbocycles. The van der Waals surface area contributed by atoms with Crippen molar-refractivity contribution >= 4 is 17.6 Å². The first kappa shape index (κ1) is 20.5. The summed E-state index contributed by atoms with van der Waals surface area (Å²) in [4.78, 5) is 17.6. The predicted octanol–water partition coefficient (Wildman–Crippen LogP) is 3.40. The summed E-state index contributed by atoms with van der Waals surface area (Å²) in [5.74, 6) is 0.727. The van der Waals surface area contributed by atoms with E-state index < -0.39 is 0 Å². The van der Waals surface area contributed by atoms with Crippen LogP contribution in [0.4, 0.5) is 16.0 Å². The molecule has 2 N–H and O–H groups in total. The average Bonchev–Trinajstić information content (AvgIpc) is 3.53. The van der Waals surface area contributed by atoms with Gasteiger partial charge in [0.2, 0.25) is 11.8 Å². The highest BCUT2D eigenvalue weighted by Gasteiger charge is 2.32. The zero-order chi connectivity index (χ0) is 21.1. The number of anilines is 1. The molecule has 0 amide bonds. The lowest BCUT2D eigenvalue weighted by atomic mass is 10.1. The fourth-order valence-corrected chi connectivity index (χ4v) is 3.85. The highest BCUT2D eigenvalue weighted by Crippen LogP contribution is 2.32. The zero-order valence-corrected chi connectivity index (χ0v) is 17.6. The Balaban J connectivity index is 1.55. The molecule has 0 bridgehead atoms. The van der Waals surface area contributed by atoms with Gasteiger partial charge in [0.1, 0.15) is 11.9 Å². The van der Waals surface area contributed by atoms with Crippen LogP contribution in [0.1, 0.15) is 38.3 Å². The molecule has 2 fully saturated rings. The van der Waals surface area contributed by atoms with Gasteiger partial charge in [-0.05, 0) is 63.9 Å². The summed E-state index contributed by atoms with van der Waals surface area (Å²) in [6.45, 7) is 7.08. The lowest BCUT2D eigenvalue weighted by Gasteiger charge is -2.31. The monoisotopic (exact) mass is 412 g/mol. The van der Waals surface area contributed by atoms with E-state index in [0.29, 0.717) is 11.6 Å². The third kappa shape index (κ3) is 5.05. The van der Waals surface area contributed by atoms with E-state index in [1.807, 2.05) is 24.0 Å². The maximum Gasteiger partial charge on any atom is 0.256 e. The SMILES string of the molecule is CCN1CCCC(Oc2cc(C)nc(N=C(N)N(c3cccc(F)c3)C3CC3)n2)C1. The van der Waals surface area contributed by atoms with Crippen molar-refractivity contribution in [1.82, 2.24) is 14.9 Å². The number of aromatic nitrogens is 2. The molecule has 30 heavy (non-hydrogen) atoms. The molecule has 1 atom stereocenters. The molecule has 4 rings (SSSR count). The normalized spacial score (nSPS) is 20.2. The number of likely N-dealkylation sites (tertiary alicyclic amines) is 1. The van der Waals surface area contributed by atoms with Crippen LogP contribution in [0.2, 0.25) is 0 Å².